The Morgan fingerprint density at radius 1 is 1.35 bits per heavy atom. The SMILES string of the molecule is CN1C(=O)N(Cc2cncnc2)C(=O)C1CBr. The molecular weight excluding hydrogens is 288 g/mol. The molecule has 1 aromatic rings. The van der Waals surface area contributed by atoms with Crippen molar-refractivity contribution < 1.29 is 9.59 Å². The van der Waals surface area contributed by atoms with Gasteiger partial charge in [0.2, 0.25) is 0 Å². The number of amides is 3. The average molecular weight is 299 g/mol. The maximum Gasteiger partial charge on any atom is 0.327 e. The Kier molecular flexibility index (Phi) is 3.37. The van der Waals surface area contributed by atoms with Gasteiger partial charge in [0.25, 0.3) is 5.91 Å². The number of hydrogen-bond acceptors (Lipinski definition) is 4. The number of hydrogen-bond donors (Lipinski definition) is 0. The second-order valence-electron chi connectivity index (χ2n) is 3.73. The summed E-state index contributed by atoms with van der Waals surface area (Å²) in [6.45, 7) is 0.215. The van der Waals surface area contributed by atoms with Gasteiger partial charge in [0.05, 0.1) is 6.54 Å². The monoisotopic (exact) mass is 298 g/mol. The number of carbonyl (C=O) groups is 2. The van der Waals surface area contributed by atoms with Crippen LogP contribution in [0.1, 0.15) is 5.56 Å². The van der Waals surface area contributed by atoms with E-state index in [-0.39, 0.29) is 18.5 Å². The zero-order chi connectivity index (χ0) is 12.4. The van der Waals surface area contributed by atoms with Crippen molar-refractivity contribution in [3.8, 4) is 0 Å². The lowest BCUT2D eigenvalue weighted by atomic mass is 10.3. The van der Waals surface area contributed by atoms with E-state index in [0.717, 1.165) is 5.56 Å². The Labute approximate surface area is 107 Å². The van der Waals surface area contributed by atoms with Crippen molar-refractivity contribution in [2.45, 2.75) is 12.6 Å². The minimum absolute atomic E-state index is 0.196. The molecule has 2 rings (SSSR count). The lowest BCUT2D eigenvalue weighted by Crippen LogP contribution is -2.32. The Hall–Kier alpha value is -1.50. The summed E-state index contributed by atoms with van der Waals surface area (Å²) in [5, 5.41) is 0.440. The Morgan fingerprint density at radius 3 is 2.53 bits per heavy atom. The third-order valence-electron chi connectivity index (χ3n) is 2.65. The lowest BCUT2D eigenvalue weighted by Gasteiger charge is -2.13. The molecule has 7 heteroatoms. The number of nitrogens with zero attached hydrogens (tertiary/aromatic N) is 4. The van der Waals surface area contributed by atoms with E-state index < -0.39 is 6.04 Å². The van der Waals surface area contributed by atoms with Gasteiger partial charge in [-0.25, -0.2) is 14.8 Å². The number of carbonyl (C=O) groups excluding carboxylic acids is 2. The molecule has 1 aliphatic heterocycles. The Bertz CT molecular complexity index is 439. The van der Waals surface area contributed by atoms with Crippen LogP contribution in [0.5, 0.6) is 0 Å². The lowest BCUT2D eigenvalue weighted by molar-refractivity contribution is -0.128. The van der Waals surface area contributed by atoms with Gasteiger partial charge in [-0.1, -0.05) is 15.9 Å². The van der Waals surface area contributed by atoms with E-state index >= 15 is 0 Å². The van der Waals surface area contributed by atoms with E-state index in [0.29, 0.717) is 5.33 Å². The molecule has 0 aliphatic carbocycles. The topological polar surface area (TPSA) is 66.4 Å². The molecule has 1 unspecified atom stereocenters. The number of likely N-dealkylation sites (N-methyl/N-ethyl adjacent to an activating group) is 1. The summed E-state index contributed by atoms with van der Waals surface area (Å²) in [7, 11) is 1.62. The number of aromatic nitrogens is 2. The summed E-state index contributed by atoms with van der Waals surface area (Å²) in [4.78, 5) is 34.2. The molecule has 2 heterocycles. The van der Waals surface area contributed by atoms with Gasteiger partial charge in [-0.15, -0.1) is 0 Å². The fourth-order valence-electron chi connectivity index (χ4n) is 1.67. The fraction of sp³-hybridized carbons (Fsp3) is 0.400. The molecule has 1 fully saturated rings. The zero-order valence-corrected chi connectivity index (χ0v) is 10.8. The number of alkyl halides is 1. The summed E-state index contributed by atoms with van der Waals surface area (Å²) < 4.78 is 0. The molecule has 1 saturated heterocycles. The van der Waals surface area contributed by atoms with E-state index in [4.69, 9.17) is 0 Å². The van der Waals surface area contributed by atoms with Crippen molar-refractivity contribution in [1.82, 2.24) is 19.8 Å². The van der Waals surface area contributed by atoms with Crippen molar-refractivity contribution in [3.63, 3.8) is 0 Å². The maximum atomic E-state index is 12.0. The van der Waals surface area contributed by atoms with Gasteiger partial charge in [0.15, 0.2) is 0 Å². The second kappa shape index (κ2) is 4.79. The molecule has 0 aromatic carbocycles. The van der Waals surface area contributed by atoms with E-state index in [1.54, 1.807) is 19.4 Å². The highest BCUT2D eigenvalue weighted by Gasteiger charge is 2.42. The smallest absolute Gasteiger partial charge is 0.314 e. The summed E-state index contributed by atoms with van der Waals surface area (Å²) >= 11 is 3.23. The Balaban J connectivity index is 2.17. The minimum atomic E-state index is -0.424. The van der Waals surface area contributed by atoms with Gasteiger partial charge < -0.3 is 4.90 Å². The maximum absolute atomic E-state index is 12.0. The van der Waals surface area contributed by atoms with Gasteiger partial charge in [-0.05, 0) is 0 Å². The van der Waals surface area contributed by atoms with Gasteiger partial charge >= 0.3 is 6.03 Å². The molecule has 1 atom stereocenters. The van der Waals surface area contributed by atoms with Crippen LogP contribution in [0.4, 0.5) is 4.79 Å². The molecule has 3 amide bonds. The summed E-state index contributed by atoms with van der Waals surface area (Å²) in [6.07, 6.45) is 4.59. The van der Waals surface area contributed by atoms with Crippen molar-refractivity contribution in [2.24, 2.45) is 0 Å². The fourth-order valence-corrected chi connectivity index (χ4v) is 2.38. The van der Waals surface area contributed by atoms with Gasteiger partial charge in [-0.2, -0.15) is 0 Å². The second-order valence-corrected chi connectivity index (χ2v) is 4.38. The quantitative estimate of drug-likeness (QED) is 0.606. The highest BCUT2D eigenvalue weighted by molar-refractivity contribution is 9.09. The first-order chi connectivity index (χ1) is 8.15. The number of rotatable bonds is 3. The molecule has 0 bridgehead atoms. The van der Waals surface area contributed by atoms with Crippen LogP contribution in [0.3, 0.4) is 0 Å². The van der Waals surface area contributed by atoms with Gasteiger partial charge in [0.1, 0.15) is 12.4 Å². The summed E-state index contributed by atoms with van der Waals surface area (Å²) in [5.74, 6) is -0.196. The normalized spacial score (nSPS) is 20.2. The van der Waals surface area contributed by atoms with Crippen molar-refractivity contribution in [1.29, 1.82) is 0 Å². The van der Waals surface area contributed by atoms with Crippen LogP contribution >= 0.6 is 15.9 Å². The van der Waals surface area contributed by atoms with Crippen LogP contribution in [-0.2, 0) is 11.3 Å². The highest BCUT2D eigenvalue weighted by Crippen LogP contribution is 2.19. The van der Waals surface area contributed by atoms with E-state index in [9.17, 15) is 9.59 Å². The first-order valence-corrected chi connectivity index (χ1v) is 6.15. The molecule has 1 aliphatic rings. The number of imide groups is 1. The molecule has 17 heavy (non-hydrogen) atoms. The van der Waals surface area contributed by atoms with Crippen molar-refractivity contribution >= 4 is 27.9 Å². The molecule has 6 nitrogen and oxygen atoms in total. The molecule has 0 radical (unpaired) electrons. The molecule has 0 N–H and O–H groups in total. The molecule has 0 spiro atoms. The molecular formula is C10H11BrN4O2. The van der Waals surface area contributed by atoms with Crippen molar-refractivity contribution in [2.75, 3.05) is 12.4 Å². The van der Waals surface area contributed by atoms with Crippen LogP contribution in [0.2, 0.25) is 0 Å². The predicted octanol–water partition coefficient (Wildman–Crippen LogP) is 0.634. The van der Waals surface area contributed by atoms with Crippen LogP contribution in [-0.4, -0.2) is 50.1 Å². The molecule has 90 valence electrons. The number of urea groups is 1. The van der Waals surface area contributed by atoms with Gasteiger partial charge in [-0.3, -0.25) is 9.69 Å². The van der Waals surface area contributed by atoms with Crippen LogP contribution in [0.15, 0.2) is 18.7 Å². The summed E-state index contributed by atoms with van der Waals surface area (Å²) in [6, 6.07) is -0.713. The molecule has 1 aromatic heterocycles. The third kappa shape index (κ3) is 2.14. The minimum Gasteiger partial charge on any atom is -0.314 e. The van der Waals surface area contributed by atoms with Gasteiger partial charge in [0, 0.05) is 30.3 Å². The van der Waals surface area contributed by atoms with E-state index in [2.05, 4.69) is 25.9 Å². The van der Waals surface area contributed by atoms with Crippen LogP contribution in [0, 0.1) is 0 Å². The van der Waals surface area contributed by atoms with Crippen LogP contribution in [0.25, 0.3) is 0 Å². The van der Waals surface area contributed by atoms with Crippen LogP contribution < -0.4 is 0 Å². The highest BCUT2D eigenvalue weighted by atomic mass is 79.9. The largest absolute Gasteiger partial charge is 0.327 e. The Morgan fingerprint density at radius 2 is 2.00 bits per heavy atom. The first-order valence-electron chi connectivity index (χ1n) is 5.03. The average Bonchev–Trinajstić information content (AvgIpc) is 2.55. The first kappa shape index (κ1) is 12.0. The van der Waals surface area contributed by atoms with E-state index in [1.807, 2.05) is 0 Å². The third-order valence-corrected chi connectivity index (χ3v) is 3.27. The van der Waals surface area contributed by atoms with E-state index in [1.165, 1.54) is 16.1 Å². The molecule has 0 saturated carbocycles. The van der Waals surface area contributed by atoms with Crippen molar-refractivity contribution in [3.05, 3.63) is 24.3 Å². The standard InChI is InChI=1S/C10H11BrN4O2/c1-14-8(2-11)9(16)15(10(14)17)5-7-3-12-6-13-4-7/h3-4,6,8H,2,5H2,1H3. The summed E-state index contributed by atoms with van der Waals surface area (Å²) in [5.41, 5.74) is 0.734. The zero-order valence-electron chi connectivity index (χ0n) is 9.21. The predicted molar refractivity (Wildman–Crippen MR) is 63.3 cm³/mol. The number of halogens is 1.